The van der Waals surface area contributed by atoms with Crippen LogP contribution in [0.1, 0.15) is 5.69 Å². The third kappa shape index (κ3) is 2.03. The maximum Gasteiger partial charge on any atom is 0.0946 e. The van der Waals surface area contributed by atoms with Gasteiger partial charge in [-0.15, -0.1) is 5.10 Å². The van der Waals surface area contributed by atoms with Crippen molar-refractivity contribution in [3.63, 3.8) is 0 Å². The van der Waals surface area contributed by atoms with Crippen molar-refractivity contribution in [1.29, 1.82) is 0 Å². The molecular weight excluding hydrogens is 154 g/mol. The molecule has 0 unspecified atom stereocenters. The molecule has 1 aromatic rings. The maximum atomic E-state index is 4.54. The molecule has 0 saturated heterocycles. The van der Waals surface area contributed by atoms with Crippen LogP contribution in [0.3, 0.4) is 0 Å². The second-order valence-electron chi connectivity index (χ2n) is 1.39. The van der Waals surface area contributed by atoms with E-state index in [9.17, 15) is 0 Å². The van der Waals surface area contributed by atoms with Crippen molar-refractivity contribution in [2.24, 2.45) is 0 Å². The fourth-order valence-corrected chi connectivity index (χ4v) is 0.942. The molecule has 1 rings (SSSR count). The minimum atomic E-state index is 0.681. The molecule has 0 radical (unpaired) electrons. The molecule has 1 aromatic heterocycles. The van der Waals surface area contributed by atoms with Crippen molar-refractivity contribution in [2.75, 3.05) is 0 Å². The Kier molecular flexibility index (Phi) is 2.53. The number of aromatic nitrogens is 2. The van der Waals surface area contributed by atoms with Crippen LogP contribution < -0.4 is 5.32 Å². The Hall–Kier alpha value is -0.550. The zero-order chi connectivity index (χ0) is 6.53. The Labute approximate surface area is 62.3 Å². The summed E-state index contributed by atoms with van der Waals surface area (Å²) in [6.07, 6.45) is 0. The number of hydrogen-bond acceptors (Lipinski definition) is 4. The maximum absolute atomic E-state index is 4.54. The standard InChI is InChI=1S/C4H5N3S2/c8-3-5-1-4-2-9-7-6-4/h2-3H,1H2,(H,5,8). The SMILES string of the molecule is S=CNCc1csnn1. The molecule has 0 aromatic carbocycles. The summed E-state index contributed by atoms with van der Waals surface area (Å²) in [5.74, 6) is 0. The second kappa shape index (κ2) is 3.47. The first kappa shape index (κ1) is 6.57. The number of hydrogen-bond donors (Lipinski definition) is 1. The predicted octanol–water partition coefficient (Wildman–Crippen LogP) is 0.585. The summed E-state index contributed by atoms with van der Waals surface area (Å²) < 4.78 is 3.68. The van der Waals surface area contributed by atoms with Crippen LogP contribution in [0.25, 0.3) is 0 Å². The number of thiocarbonyl (C=S) groups is 1. The molecule has 0 spiro atoms. The summed E-state index contributed by atoms with van der Waals surface area (Å²) in [6, 6.07) is 0. The van der Waals surface area contributed by atoms with E-state index >= 15 is 0 Å². The average Bonchev–Trinajstić information content (AvgIpc) is 2.34. The lowest BCUT2D eigenvalue weighted by Crippen LogP contribution is -2.08. The summed E-state index contributed by atoms with van der Waals surface area (Å²) in [5, 5.41) is 8.52. The molecule has 0 atom stereocenters. The van der Waals surface area contributed by atoms with Crippen molar-refractivity contribution >= 4 is 29.2 Å². The van der Waals surface area contributed by atoms with E-state index in [1.54, 1.807) is 0 Å². The highest BCUT2D eigenvalue weighted by Crippen LogP contribution is 1.94. The Morgan fingerprint density at radius 2 is 2.78 bits per heavy atom. The molecule has 0 bridgehead atoms. The summed E-state index contributed by atoms with van der Waals surface area (Å²) in [4.78, 5) is 0. The number of nitrogens with zero attached hydrogens (tertiary/aromatic N) is 2. The molecule has 0 saturated carbocycles. The van der Waals surface area contributed by atoms with Gasteiger partial charge in [0.1, 0.15) is 0 Å². The zero-order valence-electron chi connectivity index (χ0n) is 4.57. The third-order valence-electron chi connectivity index (χ3n) is 0.772. The molecule has 0 aliphatic carbocycles. The van der Waals surface area contributed by atoms with Gasteiger partial charge in [0.2, 0.25) is 0 Å². The molecule has 9 heavy (non-hydrogen) atoms. The first-order valence-electron chi connectivity index (χ1n) is 2.36. The molecule has 0 aliphatic heterocycles. The van der Waals surface area contributed by atoms with Crippen LogP contribution in [0.2, 0.25) is 0 Å². The number of nitrogens with one attached hydrogen (secondary N) is 1. The topological polar surface area (TPSA) is 37.8 Å². The molecule has 0 aliphatic rings. The van der Waals surface area contributed by atoms with Crippen LogP contribution >= 0.6 is 23.8 Å². The third-order valence-corrected chi connectivity index (χ3v) is 1.49. The molecule has 1 heterocycles. The molecule has 1 N–H and O–H groups in total. The Balaban J connectivity index is 2.38. The summed E-state index contributed by atoms with van der Waals surface area (Å²) in [6.45, 7) is 0.681. The molecule has 5 heteroatoms. The highest BCUT2D eigenvalue weighted by Gasteiger charge is 1.90. The lowest BCUT2D eigenvalue weighted by Gasteiger charge is -1.89. The minimum absolute atomic E-state index is 0.681. The van der Waals surface area contributed by atoms with Gasteiger partial charge < -0.3 is 5.32 Å². The smallest absolute Gasteiger partial charge is 0.0946 e. The highest BCUT2D eigenvalue weighted by molar-refractivity contribution is 7.78. The fraction of sp³-hybridized carbons (Fsp3) is 0.250. The second-order valence-corrected chi connectivity index (χ2v) is 2.24. The van der Waals surface area contributed by atoms with Gasteiger partial charge in [-0.1, -0.05) is 16.7 Å². The minimum Gasteiger partial charge on any atom is -0.376 e. The van der Waals surface area contributed by atoms with E-state index in [0.717, 1.165) is 5.69 Å². The van der Waals surface area contributed by atoms with E-state index in [4.69, 9.17) is 0 Å². The molecule has 3 nitrogen and oxygen atoms in total. The van der Waals surface area contributed by atoms with Gasteiger partial charge in [0.15, 0.2) is 0 Å². The quantitative estimate of drug-likeness (QED) is 0.655. The van der Waals surface area contributed by atoms with Crippen molar-refractivity contribution in [3.8, 4) is 0 Å². The van der Waals surface area contributed by atoms with Gasteiger partial charge in [-0.3, -0.25) is 0 Å². The van der Waals surface area contributed by atoms with Gasteiger partial charge in [-0.25, -0.2) is 0 Å². The zero-order valence-corrected chi connectivity index (χ0v) is 6.21. The van der Waals surface area contributed by atoms with Crippen LogP contribution in [0.15, 0.2) is 5.38 Å². The molecular formula is C4H5N3S2. The Morgan fingerprint density at radius 1 is 1.89 bits per heavy atom. The van der Waals surface area contributed by atoms with Gasteiger partial charge >= 0.3 is 0 Å². The van der Waals surface area contributed by atoms with E-state index in [-0.39, 0.29) is 0 Å². The van der Waals surface area contributed by atoms with Crippen LogP contribution in [-0.2, 0) is 6.54 Å². The lowest BCUT2D eigenvalue weighted by molar-refractivity contribution is 0.881. The van der Waals surface area contributed by atoms with E-state index in [1.807, 2.05) is 5.38 Å². The molecule has 48 valence electrons. The normalized spacial score (nSPS) is 8.89. The first-order valence-corrected chi connectivity index (χ1v) is 3.67. The van der Waals surface area contributed by atoms with Gasteiger partial charge in [0.25, 0.3) is 0 Å². The van der Waals surface area contributed by atoms with Gasteiger partial charge in [-0.05, 0) is 11.5 Å². The van der Waals surface area contributed by atoms with Crippen molar-refractivity contribution in [1.82, 2.24) is 14.9 Å². The van der Waals surface area contributed by atoms with E-state index in [0.29, 0.717) is 6.54 Å². The lowest BCUT2D eigenvalue weighted by atomic mass is 10.5. The largest absolute Gasteiger partial charge is 0.376 e. The van der Waals surface area contributed by atoms with Crippen molar-refractivity contribution < 1.29 is 0 Å². The van der Waals surface area contributed by atoms with Gasteiger partial charge in [-0.2, -0.15) is 0 Å². The van der Waals surface area contributed by atoms with E-state index in [2.05, 4.69) is 27.1 Å². The van der Waals surface area contributed by atoms with Crippen molar-refractivity contribution in [3.05, 3.63) is 11.1 Å². The van der Waals surface area contributed by atoms with Crippen LogP contribution in [0, 0.1) is 0 Å². The highest BCUT2D eigenvalue weighted by atomic mass is 32.1. The van der Waals surface area contributed by atoms with E-state index < -0.39 is 0 Å². The van der Waals surface area contributed by atoms with Gasteiger partial charge in [0.05, 0.1) is 17.7 Å². The Morgan fingerprint density at radius 3 is 3.33 bits per heavy atom. The predicted molar refractivity (Wildman–Crippen MR) is 40.4 cm³/mol. The summed E-state index contributed by atoms with van der Waals surface area (Å²) in [5.41, 5.74) is 2.40. The summed E-state index contributed by atoms with van der Waals surface area (Å²) in [7, 11) is 0. The monoisotopic (exact) mass is 159 g/mol. The van der Waals surface area contributed by atoms with Crippen LogP contribution in [0.4, 0.5) is 0 Å². The fourth-order valence-electron chi connectivity index (χ4n) is 0.407. The number of rotatable bonds is 3. The van der Waals surface area contributed by atoms with Crippen molar-refractivity contribution in [2.45, 2.75) is 6.54 Å². The molecule has 0 amide bonds. The van der Waals surface area contributed by atoms with E-state index in [1.165, 1.54) is 17.0 Å². The van der Waals surface area contributed by atoms with Crippen LogP contribution in [-0.4, -0.2) is 15.1 Å². The Bertz CT molecular complexity index is 172. The average molecular weight is 159 g/mol. The summed E-state index contributed by atoms with van der Waals surface area (Å²) >= 11 is 5.89. The first-order chi connectivity index (χ1) is 4.43. The van der Waals surface area contributed by atoms with Gasteiger partial charge in [0, 0.05) is 5.38 Å². The molecule has 0 fully saturated rings. The van der Waals surface area contributed by atoms with Crippen LogP contribution in [0.5, 0.6) is 0 Å².